The van der Waals surface area contributed by atoms with Crippen LogP contribution >= 0.6 is 24.0 Å². The molecule has 1 fully saturated rings. The standard InChI is InChI=1S/C18H34N6O.HI/c1-14(2)13-25-11-7-10-19-18(21-16-8-5-6-9-16)20-12-17-23-22-15(3)24(17)4;/h14,16H,5-13H2,1-4H3,(H2,19,20,21);1H. The second kappa shape index (κ2) is 12.5. The number of aromatic nitrogens is 3. The van der Waals surface area contributed by atoms with E-state index in [-0.39, 0.29) is 24.0 Å². The lowest BCUT2D eigenvalue weighted by Crippen LogP contribution is -2.43. The van der Waals surface area contributed by atoms with Gasteiger partial charge in [-0.2, -0.15) is 0 Å². The fraction of sp³-hybridized carbons (Fsp3) is 0.833. The van der Waals surface area contributed by atoms with E-state index in [0.29, 0.717) is 18.5 Å². The lowest BCUT2D eigenvalue weighted by Gasteiger charge is -2.17. The second-order valence-electron chi connectivity index (χ2n) is 7.26. The predicted octanol–water partition coefficient (Wildman–Crippen LogP) is 2.78. The number of nitrogens with one attached hydrogen (secondary N) is 2. The Bertz CT molecular complexity index is 540. The normalized spacial score (nSPS) is 15.3. The Morgan fingerprint density at radius 2 is 2.04 bits per heavy atom. The fourth-order valence-corrected chi connectivity index (χ4v) is 2.85. The molecule has 150 valence electrons. The summed E-state index contributed by atoms with van der Waals surface area (Å²) in [6.07, 6.45) is 6.02. The molecule has 0 aliphatic heterocycles. The Hall–Kier alpha value is -0.900. The fourth-order valence-electron chi connectivity index (χ4n) is 2.85. The van der Waals surface area contributed by atoms with Gasteiger partial charge in [0.25, 0.3) is 0 Å². The number of hydrogen-bond donors (Lipinski definition) is 2. The molecule has 0 unspecified atom stereocenters. The largest absolute Gasteiger partial charge is 0.381 e. The summed E-state index contributed by atoms with van der Waals surface area (Å²) >= 11 is 0. The van der Waals surface area contributed by atoms with Crippen molar-refractivity contribution in [3.8, 4) is 0 Å². The van der Waals surface area contributed by atoms with Crippen LogP contribution in [0.1, 0.15) is 57.6 Å². The highest BCUT2D eigenvalue weighted by atomic mass is 127. The highest BCUT2D eigenvalue weighted by molar-refractivity contribution is 14.0. The Morgan fingerprint density at radius 1 is 1.31 bits per heavy atom. The maximum Gasteiger partial charge on any atom is 0.191 e. The average Bonchev–Trinajstić information content (AvgIpc) is 3.19. The highest BCUT2D eigenvalue weighted by Crippen LogP contribution is 2.17. The topological polar surface area (TPSA) is 76.4 Å². The lowest BCUT2D eigenvalue weighted by molar-refractivity contribution is 0.108. The first-order valence-electron chi connectivity index (χ1n) is 9.53. The van der Waals surface area contributed by atoms with Crippen molar-refractivity contribution >= 4 is 29.9 Å². The summed E-state index contributed by atoms with van der Waals surface area (Å²) in [5.74, 6) is 3.25. The molecule has 26 heavy (non-hydrogen) atoms. The Balaban J connectivity index is 0.00000338. The third kappa shape index (κ3) is 8.20. The van der Waals surface area contributed by atoms with Gasteiger partial charge in [-0.25, -0.2) is 4.99 Å². The summed E-state index contributed by atoms with van der Waals surface area (Å²) in [7, 11) is 1.98. The molecular weight excluding hydrogens is 443 g/mol. The van der Waals surface area contributed by atoms with Gasteiger partial charge in [0.05, 0.1) is 0 Å². The van der Waals surface area contributed by atoms with Crippen LogP contribution in [0.5, 0.6) is 0 Å². The van der Waals surface area contributed by atoms with E-state index >= 15 is 0 Å². The van der Waals surface area contributed by atoms with Crippen molar-refractivity contribution in [2.45, 2.75) is 65.5 Å². The Kier molecular flexibility index (Phi) is 11.1. The highest BCUT2D eigenvalue weighted by Gasteiger charge is 2.16. The second-order valence-corrected chi connectivity index (χ2v) is 7.26. The van der Waals surface area contributed by atoms with Gasteiger partial charge in [0, 0.05) is 32.8 Å². The molecule has 2 rings (SSSR count). The van der Waals surface area contributed by atoms with Gasteiger partial charge in [-0.3, -0.25) is 0 Å². The molecule has 1 saturated carbocycles. The van der Waals surface area contributed by atoms with Crippen LogP contribution < -0.4 is 10.6 Å². The zero-order valence-corrected chi connectivity index (χ0v) is 19.0. The summed E-state index contributed by atoms with van der Waals surface area (Å²) in [5, 5.41) is 15.3. The first-order chi connectivity index (χ1) is 12.1. The van der Waals surface area contributed by atoms with Gasteiger partial charge in [-0.05, 0) is 32.1 Å². The molecule has 1 aliphatic carbocycles. The van der Waals surface area contributed by atoms with Crippen molar-refractivity contribution in [1.29, 1.82) is 0 Å². The third-order valence-electron chi connectivity index (χ3n) is 4.47. The first kappa shape index (κ1) is 23.1. The molecule has 8 heteroatoms. The third-order valence-corrected chi connectivity index (χ3v) is 4.47. The van der Waals surface area contributed by atoms with Gasteiger partial charge in [-0.15, -0.1) is 34.2 Å². The van der Waals surface area contributed by atoms with Crippen molar-refractivity contribution in [2.24, 2.45) is 18.0 Å². The summed E-state index contributed by atoms with van der Waals surface area (Å²) < 4.78 is 7.62. The summed E-state index contributed by atoms with van der Waals surface area (Å²) in [5.41, 5.74) is 0. The van der Waals surface area contributed by atoms with Gasteiger partial charge in [-0.1, -0.05) is 26.7 Å². The summed E-state index contributed by atoms with van der Waals surface area (Å²) in [6, 6.07) is 0.532. The van der Waals surface area contributed by atoms with E-state index in [0.717, 1.165) is 43.8 Å². The molecule has 1 aromatic heterocycles. The molecule has 0 bridgehead atoms. The first-order valence-corrected chi connectivity index (χ1v) is 9.53. The molecule has 0 saturated heterocycles. The van der Waals surface area contributed by atoms with E-state index in [4.69, 9.17) is 9.73 Å². The van der Waals surface area contributed by atoms with E-state index < -0.39 is 0 Å². The molecule has 0 aromatic carbocycles. The zero-order valence-electron chi connectivity index (χ0n) is 16.6. The van der Waals surface area contributed by atoms with E-state index in [2.05, 4.69) is 34.7 Å². The average molecular weight is 478 g/mol. The maximum absolute atomic E-state index is 5.64. The van der Waals surface area contributed by atoms with Crippen LogP contribution in [0.25, 0.3) is 0 Å². The van der Waals surface area contributed by atoms with Crippen LogP contribution in [-0.4, -0.2) is 46.5 Å². The van der Waals surface area contributed by atoms with Gasteiger partial charge >= 0.3 is 0 Å². The molecule has 0 radical (unpaired) electrons. The number of aryl methyl sites for hydroxylation is 1. The number of aliphatic imine (C=N–C) groups is 1. The minimum atomic E-state index is 0. The van der Waals surface area contributed by atoms with Crippen molar-refractivity contribution in [3.63, 3.8) is 0 Å². The van der Waals surface area contributed by atoms with Crippen LogP contribution in [0.4, 0.5) is 0 Å². The maximum atomic E-state index is 5.64. The number of halogens is 1. The van der Waals surface area contributed by atoms with E-state index in [1.165, 1.54) is 25.7 Å². The SMILES string of the molecule is Cc1nnc(CN=C(NCCCOCC(C)C)NC2CCCC2)n1C.I. The number of nitrogens with zero attached hydrogens (tertiary/aromatic N) is 4. The van der Waals surface area contributed by atoms with Crippen molar-refractivity contribution in [3.05, 3.63) is 11.6 Å². The molecule has 1 aromatic rings. The Morgan fingerprint density at radius 3 is 2.65 bits per heavy atom. The Labute approximate surface area is 174 Å². The molecule has 7 nitrogen and oxygen atoms in total. The quantitative estimate of drug-likeness (QED) is 0.247. The van der Waals surface area contributed by atoms with Crippen LogP contribution in [0.2, 0.25) is 0 Å². The van der Waals surface area contributed by atoms with E-state index in [1.807, 2.05) is 18.5 Å². The minimum Gasteiger partial charge on any atom is -0.381 e. The summed E-state index contributed by atoms with van der Waals surface area (Å²) in [6.45, 7) is 9.29. The van der Waals surface area contributed by atoms with Crippen LogP contribution in [0.15, 0.2) is 4.99 Å². The smallest absolute Gasteiger partial charge is 0.191 e. The zero-order chi connectivity index (χ0) is 18.1. The van der Waals surface area contributed by atoms with Crippen LogP contribution in [0, 0.1) is 12.8 Å². The van der Waals surface area contributed by atoms with Gasteiger partial charge in [0.1, 0.15) is 12.4 Å². The monoisotopic (exact) mass is 478 g/mol. The number of hydrogen-bond acceptors (Lipinski definition) is 4. The molecule has 0 atom stereocenters. The van der Waals surface area contributed by atoms with Crippen molar-refractivity contribution in [2.75, 3.05) is 19.8 Å². The molecule has 0 amide bonds. The van der Waals surface area contributed by atoms with Crippen molar-refractivity contribution in [1.82, 2.24) is 25.4 Å². The van der Waals surface area contributed by atoms with Crippen LogP contribution in [-0.2, 0) is 18.3 Å². The van der Waals surface area contributed by atoms with Crippen LogP contribution in [0.3, 0.4) is 0 Å². The molecule has 1 aliphatic rings. The van der Waals surface area contributed by atoms with Gasteiger partial charge in [0.15, 0.2) is 11.8 Å². The number of rotatable bonds is 9. The van der Waals surface area contributed by atoms with Crippen molar-refractivity contribution < 1.29 is 4.74 Å². The number of guanidine groups is 1. The molecule has 1 heterocycles. The molecule has 2 N–H and O–H groups in total. The minimum absolute atomic E-state index is 0. The van der Waals surface area contributed by atoms with E-state index in [9.17, 15) is 0 Å². The van der Waals surface area contributed by atoms with E-state index in [1.54, 1.807) is 0 Å². The molecule has 0 spiro atoms. The summed E-state index contributed by atoms with van der Waals surface area (Å²) in [4.78, 5) is 4.71. The molecular formula is C18H35IN6O. The lowest BCUT2D eigenvalue weighted by atomic mass is 10.2. The van der Waals surface area contributed by atoms with Gasteiger partial charge < -0.3 is 19.9 Å². The predicted molar refractivity (Wildman–Crippen MR) is 116 cm³/mol. The van der Waals surface area contributed by atoms with Gasteiger partial charge in [0.2, 0.25) is 0 Å². The number of ether oxygens (including phenoxy) is 1.